The lowest BCUT2D eigenvalue weighted by Crippen LogP contribution is -2.33. The smallest absolute Gasteiger partial charge is 0.156 e. The summed E-state index contributed by atoms with van der Waals surface area (Å²) in [6, 6.07) is 0. The fraction of sp³-hybridized carbons (Fsp3) is 1.00. The summed E-state index contributed by atoms with van der Waals surface area (Å²) in [6.07, 6.45) is 2.03. The van der Waals surface area contributed by atoms with E-state index < -0.39 is 5.79 Å². The summed E-state index contributed by atoms with van der Waals surface area (Å²) < 4.78 is 0. The predicted octanol–water partition coefficient (Wildman–Crippen LogP) is -0.562. The summed E-state index contributed by atoms with van der Waals surface area (Å²) in [7, 11) is 0. The molecule has 0 amide bonds. The van der Waals surface area contributed by atoms with Crippen LogP contribution in [0.2, 0.25) is 0 Å². The summed E-state index contributed by atoms with van der Waals surface area (Å²) in [6.45, 7) is 4.47. The van der Waals surface area contributed by atoms with Gasteiger partial charge in [-0.05, 0) is 33.2 Å². The van der Waals surface area contributed by atoms with E-state index in [0.29, 0.717) is 0 Å². The molecule has 0 aliphatic carbocycles. The molecule has 1 unspecified atom stereocenters. The van der Waals surface area contributed by atoms with Crippen molar-refractivity contribution in [1.82, 2.24) is 5.32 Å². The van der Waals surface area contributed by atoms with Gasteiger partial charge in [0.05, 0.1) is 6.10 Å². The molecule has 74 valence electrons. The standard InChI is InChI=1S/C5H11NO.C3H8O2/c7-5-2-1-3-6-4-5;1-3(2,4)5/h5-7H,1-4H2;4-5H,1-2H3. The van der Waals surface area contributed by atoms with Crippen LogP contribution in [-0.4, -0.2) is 40.3 Å². The van der Waals surface area contributed by atoms with E-state index >= 15 is 0 Å². The second kappa shape index (κ2) is 5.48. The maximum Gasteiger partial charge on any atom is 0.156 e. The Morgan fingerprint density at radius 1 is 1.33 bits per heavy atom. The van der Waals surface area contributed by atoms with E-state index in [4.69, 9.17) is 15.3 Å². The molecule has 1 fully saturated rings. The van der Waals surface area contributed by atoms with Gasteiger partial charge < -0.3 is 20.6 Å². The topological polar surface area (TPSA) is 72.7 Å². The first-order valence-corrected chi connectivity index (χ1v) is 4.23. The highest BCUT2D eigenvalue weighted by atomic mass is 16.5. The number of piperidine rings is 1. The summed E-state index contributed by atoms with van der Waals surface area (Å²) in [5.74, 6) is -1.50. The number of hydrogen-bond acceptors (Lipinski definition) is 4. The largest absolute Gasteiger partial charge is 0.392 e. The molecule has 4 nitrogen and oxygen atoms in total. The summed E-state index contributed by atoms with van der Waals surface area (Å²) in [5, 5.41) is 28.1. The molecular weight excluding hydrogens is 158 g/mol. The lowest BCUT2D eigenvalue weighted by molar-refractivity contribution is -0.127. The molecule has 0 aromatic rings. The van der Waals surface area contributed by atoms with Gasteiger partial charge >= 0.3 is 0 Å². The Labute approximate surface area is 73.2 Å². The lowest BCUT2D eigenvalue weighted by Gasteiger charge is -2.16. The van der Waals surface area contributed by atoms with E-state index in [-0.39, 0.29) is 6.10 Å². The fourth-order valence-electron chi connectivity index (χ4n) is 0.833. The highest BCUT2D eigenvalue weighted by molar-refractivity contribution is 4.65. The second-order valence-electron chi connectivity index (χ2n) is 3.49. The molecule has 0 radical (unpaired) electrons. The van der Waals surface area contributed by atoms with Gasteiger partial charge in [-0.3, -0.25) is 0 Å². The van der Waals surface area contributed by atoms with Gasteiger partial charge in [0.25, 0.3) is 0 Å². The Kier molecular flexibility index (Phi) is 5.41. The summed E-state index contributed by atoms with van der Waals surface area (Å²) in [4.78, 5) is 0. The number of hydrogen-bond donors (Lipinski definition) is 4. The number of rotatable bonds is 0. The Hall–Kier alpha value is -0.160. The molecule has 1 atom stereocenters. The number of aliphatic hydroxyl groups is 3. The Morgan fingerprint density at radius 2 is 1.83 bits per heavy atom. The van der Waals surface area contributed by atoms with E-state index in [1.54, 1.807) is 0 Å². The van der Waals surface area contributed by atoms with Gasteiger partial charge in [0.15, 0.2) is 5.79 Å². The average Bonchev–Trinajstić information content (AvgIpc) is 1.85. The maximum absolute atomic E-state index is 8.85. The molecule has 0 spiro atoms. The minimum absolute atomic E-state index is 0.0752. The van der Waals surface area contributed by atoms with Gasteiger partial charge in [-0.25, -0.2) is 0 Å². The normalized spacial score (nSPS) is 24.2. The Bertz CT molecular complexity index is 99.4. The zero-order valence-electron chi connectivity index (χ0n) is 7.75. The Balaban J connectivity index is 0.000000217. The first kappa shape index (κ1) is 11.8. The maximum atomic E-state index is 8.85. The molecule has 1 heterocycles. The zero-order valence-corrected chi connectivity index (χ0v) is 7.75. The molecule has 1 aliphatic heterocycles. The average molecular weight is 177 g/mol. The second-order valence-corrected chi connectivity index (χ2v) is 3.49. The van der Waals surface area contributed by atoms with Crippen molar-refractivity contribution in [2.24, 2.45) is 0 Å². The van der Waals surface area contributed by atoms with Crippen LogP contribution in [0.5, 0.6) is 0 Å². The van der Waals surface area contributed by atoms with Crippen LogP contribution in [0.4, 0.5) is 0 Å². The molecular formula is C8H19NO3. The first-order valence-electron chi connectivity index (χ1n) is 4.23. The van der Waals surface area contributed by atoms with Crippen molar-refractivity contribution in [3.63, 3.8) is 0 Å². The van der Waals surface area contributed by atoms with E-state index in [9.17, 15) is 0 Å². The predicted molar refractivity (Wildman–Crippen MR) is 46.6 cm³/mol. The highest BCUT2D eigenvalue weighted by Gasteiger charge is 2.06. The number of aliphatic hydroxyl groups excluding tert-OH is 1. The van der Waals surface area contributed by atoms with E-state index in [0.717, 1.165) is 25.9 Å². The van der Waals surface area contributed by atoms with Crippen molar-refractivity contribution in [3.8, 4) is 0 Å². The van der Waals surface area contributed by atoms with E-state index in [2.05, 4.69) is 5.32 Å². The third-order valence-corrected chi connectivity index (χ3v) is 1.27. The van der Waals surface area contributed by atoms with Crippen molar-refractivity contribution in [1.29, 1.82) is 0 Å². The molecule has 4 N–H and O–H groups in total. The quantitative estimate of drug-likeness (QED) is 0.374. The molecule has 0 aromatic heterocycles. The van der Waals surface area contributed by atoms with Crippen LogP contribution in [0, 0.1) is 0 Å². The third kappa shape index (κ3) is 12.5. The van der Waals surface area contributed by atoms with Crippen molar-refractivity contribution in [2.75, 3.05) is 13.1 Å². The van der Waals surface area contributed by atoms with Crippen molar-refractivity contribution >= 4 is 0 Å². The zero-order chi connectivity index (χ0) is 9.61. The van der Waals surface area contributed by atoms with Gasteiger partial charge in [0.2, 0.25) is 0 Å². The van der Waals surface area contributed by atoms with Crippen molar-refractivity contribution < 1.29 is 15.3 Å². The fourth-order valence-corrected chi connectivity index (χ4v) is 0.833. The van der Waals surface area contributed by atoms with Crippen molar-refractivity contribution in [2.45, 2.75) is 38.6 Å². The third-order valence-electron chi connectivity index (χ3n) is 1.27. The molecule has 4 heteroatoms. The van der Waals surface area contributed by atoms with Gasteiger partial charge in [-0.1, -0.05) is 0 Å². The number of β-amino-alcohol motifs (C(OH)–C–C–N with tert-alkyl or cyclic N) is 1. The number of nitrogens with one attached hydrogen (secondary N) is 1. The van der Waals surface area contributed by atoms with E-state index in [1.165, 1.54) is 13.8 Å². The van der Waals surface area contributed by atoms with Crippen LogP contribution in [0.15, 0.2) is 0 Å². The van der Waals surface area contributed by atoms with Crippen molar-refractivity contribution in [3.05, 3.63) is 0 Å². The lowest BCUT2D eigenvalue weighted by atomic mass is 10.1. The van der Waals surface area contributed by atoms with Gasteiger partial charge in [0.1, 0.15) is 0 Å². The molecule has 1 rings (SSSR count). The molecule has 1 saturated heterocycles. The molecule has 1 aliphatic rings. The van der Waals surface area contributed by atoms with Crippen LogP contribution in [0.1, 0.15) is 26.7 Å². The minimum Gasteiger partial charge on any atom is -0.392 e. The van der Waals surface area contributed by atoms with Crippen LogP contribution in [0.3, 0.4) is 0 Å². The SMILES string of the molecule is CC(C)(O)O.OC1CCCNC1. The molecule has 12 heavy (non-hydrogen) atoms. The van der Waals surface area contributed by atoms with Gasteiger partial charge in [-0.15, -0.1) is 0 Å². The Morgan fingerprint density at radius 3 is 2.00 bits per heavy atom. The van der Waals surface area contributed by atoms with Crippen LogP contribution < -0.4 is 5.32 Å². The van der Waals surface area contributed by atoms with Crippen LogP contribution >= 0.6 is 0 Å². The minimum atomic E-state index is -1.50. The summed E-state index contributed by atoms with van der Waals surface area (Å²) >= 11 is 0. The van der Waals surface area contributed by atoms with Crippen LogP contribution in [0.25, 0.3) is 0 Å². The molecule has 0 saturated carbocycles. The monoisotopic (exact) mass is 177 g/mol. The molecule has 0 aromatic carbocycles. The van der Waals surface area contributed by atoms with Gasteiger partial charge in [0, 0.05) is 6.54 Å². The molecule has 0 bridgehead atoms. The summed E-state index contributed by atoms with van der Waals surface area (Å²) in [5.41, 5.74) is 0. The highest BCUT2D eigenvalue weighted by Crippen LogP contribution is 1.98. The van der Waals surface area contributed by atoms with Crippen LogP contribution in [-0.2, 0) is 0 Å². The van der Waals surface area contributed by atoms with Gasteiger partial charge in [-0.2, -0.15) is 0 Å². The van der Waals surface area contributed by atoms with E-state index in [1.807, 2.05) is 0 Å². The first-order chi connectivity index (χ1) is 5.39.